The van der Waals surface area contributed by atoms with Crippen LogP contribution in [0.4, 0.5) is 0 Å². The van der Waals surface area contributed by atoms with Crippen molar-refractivity contribution < 1.29 is 0 Å². The van der Waals surface area contributed by atoms with Crippen LogP contribution >= 0.6 is 11.6 Å². The maximum absolute atomic E-state index is 6.27. The van der Waals surface area contributed by atoms with E-state index in [-0.39, 0.29) is 0 Å². The first-order chi connectivity index (χ1) is 10.1. The number of hydrogen-bond donors (Lipinski definition) is 1. The molecule has 2 aromatic heterocycles. The molecule has 1 aromatic carbocycles. The molecule has 0 saturated heterocycles. The molecule has 0 fully saturated rings. The highest BCUT2D eigenvalue weighted by molar-refractivity contribution is 6.31. The van der Waals surface area contributed by atoms with Crippen molar-refractivity contribution in [3.63, 3.8) is 0 Å². The number of fused-ring (bicyclic) bond motifs is 1. The molecule has 0 bridgehead atoms. The van der Waals surface area contributed by atoms with Gasteiger partial charge in [0.15, 0.2) is 5.82 Å². The second-order valence-electron chi connectivity index (χ2n) is 5.09. The number of rotatable bonds is 3. The summed E-state index contributed by atoms with van der Waals surface area (Å²) in [6, 6.07) is 10.2. The Morgan fingerprint density at radius 1 is 1.24 bits per heavy atom. The third-order valence-corrected chi connectivity index (χ3v) is 4.10. The molecule has 3 aromatic rings. The van der Waals surface area contributed by atoms with Gasteiger partial charge in [0.25, 0.3) is 0 Å². The lowest BCUT2D eigenvalue weighted by Crippen LogP contribution is -2.12. The van der Waals surface area contributed by atoms with Crippen LogP contribution in [0.1, 0.15) is 17.0 Å². The van der Waals surface area contributed by atoms with Crippen LogP contribution in [-0.2, 0) is 6.54 Å². The Bertz CT molecular complexity index is 807. The fourth-order valence-electron chi connectivity index (χ4n) is 2.48. The number of aromatic nitrogens is 3. The molecule has 0 saturated carbocycles. The van der Waals surface area contributed by atoms with Gasteiger partial charge in [-0.2, -0.15) is 5.10 Å². The average Bonchev–Trinajstić information content (AvgIpc) is 2.74. The van der Waals surface area contributed by atoms with Crippen LogP contribution in [0, 0.1) is 13.8 Å². The van der Waals surface area contributed by atoms with E-state index in [1.807, 2.05) is 43.8 Å². The van der Waals surface area contributed by atoms with Crippen LogP contribution < -0.4 is 5.32 Å². The second kappa shape index (κ2) is 5.47. The van der Waals surface area contributed by atoms with Gasteiger partial charge in [-0.15, -0.1) is 0 Å². The summed E-state index contributed by atoms with van der Waals surface area (Å²) in [5.74, 6) is 0.829. The molecule has 0 radical (unpaired) electrons. The van der Waals surface area contributed by atoms with E-state index >= 15 is 0 Å². The predicted molar refractivity (Wildman–Crippen MR) is 86.1 cm³/mol. The van der Waals surface area contributed by atoms with Gasteiger partial charge in [-0.25, -0.2) is 9.67 Å². The van der Waals surface area contributed by atoms with Crippen molar-refractivity contribution in [2.24, 2.45) is 0 Å². The molecule has 0 amide bonds. The van der Waals surface area contributed by atoms with Crippen LogP contribution in [-0.4, -0.2) is 21.8 Å². The summed E-state index contributed by atoms with van der Waals surface area (Å²) < 4.78 is 1.83. The Morgan fingerprint density at radius 2 is 2.00 bits per heavy atom. The summed E-state index contributed by atoms with van der Waals surface area (Å²) in [6.07, 6.45) is 0. The minimum Gasteiger partial charge on any atom is -0.316 e. The summed E-state index contributed by atoms with van der Waals surface area (Å²) in [6.45, 7) is 4.59. The maximum Gasteiger partial charge on any atom is 0.158 e. The average molecular weight is 301 g/mol. The minimum atomic E-state index is 0.695. The maximum atomic E-state index is 6.27. The largest absolute Gasteiger partial charge is 0.316 e. The molecule has 0 aliphatic heterocycles. The third kappa shape index (κ3) is 2.41. The summed E-state index contributed by atoms with van der Waals surface area (Å²) in [7, 11) is 1.92. The Kier molecular flexibility index (Phi) is 3.66. The van der Waals surface area contributed by atoms with Crippen molar-refractivity contribution in [1.82, 2.24) is 20.1 Å². The van der Waals surface area contributed by atoms with E-state index in [0.29, 0.717) is 5.02 Å². The van der Waals surface area contributed by atoms with Gasteiger partial charge in [-0.05, 0) is 33.0 Å². The number of aryl methyl sites for hydroxylation is 1. The van der Waals surface area contributed by atoms with Crippen LogP contribution in [0.2, 0.25) is 5.02 Å². The van der Waals surface area contributed by atoms with Crippen molar-refractivity contribution in [1.29, 1.82) is 0 Å². The summed E-state index contributed by atoms with van der Waals surface area (Å²) in [5.41, 5.74) is 3.78. The molecule has 0 spiro atoms. The van der Waals surface area contributed by atoms with E-state index in [2.05, 4.69) is 22.5 Å². The van der Waals surface area contributed by atoms with E-state index < -0.39 is 0 Å². The molecule has 0 aliphatic rings. The number of hydrogen-bond acceptors (Lipinski definition) is 3. The van der Waals surface area contributed by atoms with Gasteiger partial charge in [0.05, 0.1) is 21.9 Å². The zero-order valence-electron chi connectivity index (χ0n) is 12.3. The fourth-order valence-corrected chi connectivity index (χ4v) is 2.60. The lowest BCUT2D eigenvalue weighted by atomic mass is 10.1. The number of halogens is 1. The lowest BCUT2D eigenvalue weighted by Gasteiger charge is -2.12. The molecule has 2 heterocycles. The van der Waals surface area contributed by atoms with Gasteiger partial charge in [-0.1, -0.05) is 29.8 Å². The third-order valence-electron chi connectivity index (χ3n) is 3.55. The Balaban J connectivity index is 2.28. The fraction of sp³-hybridized carbons (Fsp3) is 0.250. The number of benzene rings is 1. The van der Waals surface area contributed by atoms with Gasteiger partial charge >= 0.3 is 0 Å². The molecule has 5 heteroatoms. The van der Waals surface area contributed by atoms with Gasteiger partial charge in [0, 0.05) is 17.5 Å². The monoisotopic (exact) mass is 300 g/mol. The number of pyridine rings is 1. The van der Waals surface area contributed by atoms with Crippen molar-refractivity contribution in [2.75, 3.05) is 7.05 Å². The van der Waals surface area contributed by atoms with Crippen LogP contribution in [0.25, 0.3) is 16.7 Å². The molecule has 4 nitrogen and oxygen atoms in total. The molecule has 1 N–H and O–H groups in total. The Hall–Kier alpha value is -1.91. The first-order valence-electron chi connectivity index (χ1n) is 6.87. The number of nitrogens with one attached hydrogen (secondary N) is 1. The molecule has 0 aliphatic carbocycles. The number of para-hydroxylation sites is 1. The van der Waals surface area contributed by atoms with Crippen molar-refractivity contribution in [2.45, 2.75) is 20.4 Å². The smallest absolute Gasteiger partial charge is 0.158 e. The van der Waals surface area contributed by atoms with Crippen LogP contribution in [0.3, 0.4) is 0 Å². The van der Waals surface area contributed by atoms with Gasteiger partial charge in [-0.3, -0.25) is 0 Å². The van der Waals surface area contributed by atoms with Gasteiger partial charge in [0.2, 0.25) is 0 Å². The minimum absolute atomic E-state index is 0.695. The van der Waals surface area contributed by atoms with E-state index in [0.717, 1.165) is 40.2 Å². The molecular weight excluding hydrogens is 284 g/mol. The summed E-state index contributed by atoms with van der Waals surface area (Å²) in [5, 5.41) is 9.53. The lowest BCUT2D eigenvalue weighted by molar-refractivity contribution is 0.759. The first-order valence-corrected chi connectivity index (χ1v) is 7.25. The highest BCUT2D eigenvalue weighted by atomic mass is 35.5. The molecule has 108 valence electrons. The van der Waals surface area contributed by atoms with Crippen LogP contribution in [0.5, 0.6) is 0 Å². The van der Waals surface area contributed by atoms with E-state index in [1.165, 1.54) is 0 Å². The number of nitrogens with zero attached hydrogens (tertiary/aromatic N) is 3. The Morgan fingerprint density at radius 3 is 2.67 bits per heavy atom. The highest BCUT2D eigenvalue weighted by Crippen LogP contribution is 2.25. The standard InChI is InChI=1S/C16H17ClN4/c1-10-15(17)11(2)21(20-10)16-13(9-18-3)8-12-6-4-5-7-14(12)19-16/h4-8,18H,9H2,1-3H3. The quantitative estimate of drug-likeness (QED) is 0.806. The van der Waals surface area contributed by atoms with Crippen molar-refractivity contribution in [3.8, 4) is 5.82 Å². The van der Waals surface area contributed by atoms with Crippen molar-refractivity contribution >= 4 is 22.5 Å². The second-order valence-corrected chi connectivity index (χ2v) is 5.47. The molecule has 3 rings (SSSR count). The first kappa shape index (κ1) is 14.0. The van der Waals surface area contributed by atoms with Crippen LogP contribution in [0.15, 0.2) is 30.3 Å². The molecule has 0 unspecified atom stereocenters. The zero-order valence-corrected chi connectivity index (χ0v) is 13.1. The topological polar surface area (TPSA) is 42.7 Å². The van der Waals surface area contributed by atoms with Gasteiger partial charge in [0.1, 0.15) is 0 Å². The van der Waals surface area contributed by atoms with E-state index in [1.54, 1.807) is 0 Å². The van der Waals surface area contributed by atoms with E-state index in [9.17, 15) is 0 Å². The van der Waals surface area contributed by atoms with Gasteiger partial charge < -0.3 is 5.32 Å². The Labute approximate surface area is 128 Å². The van der Waals surface area contributed by atoms with Crippen molar-refractivity contribution in [3.05, 3.63) is 52.3 Å². The van der Waals surface area contributed by atoms with E-state index in [4.69, 9.17) is 16.6 Å². The summed E-state index contributed by atoms with van der Waals surface area (Å²) in [4.78, 5) is 4.78. The molecule has 21 heavy (non-hydrogen) atoms. The molecule has 0 atom stereocenters. The SMILES string of the molecule is CNCc1cc2ccccc2nc1-n1nc(C)c(Cl)c1C. The molecular formula is C16H17ClN4. The predicted octanol–water partition coefficient (Wildman–Crippen LogP) is 3.41. The zero-order chi connectivity index (χ0) is 15.0. The highest BCUT2D eigenvalue weighted by Gasteiger charge is 2.15. The summed E-state index contributed by atoms with van der Waals surface area (Å²) >= 11 is 6.27. The normalized spacial score (nSPS) is 11.2.